The zero-order valence-electron chi connectivity index (χ0n) is 14.5. The van der Waals surface area contributed by atoms with Crippen molar-refractivity contribution in [3.05, 3.63) is 35.6 Å². The first-order valence-corrected chi connectivity index (χ1v) is 9.47. The van der Waals surface area contributed by atoms with Crippen LogP contribution in [0.15, 0.2) is 24.3 Å². The molecule has 0 aromatic heterocycles. The van der Waals surface area contributed by atoms with E-state index >= 15 is 0 Å². The van der Waals surface area contributed by atoms with Crippen molar-refractivity contribution in [3.8, 4) is 0 Å². The van der Waals surface area contributed by atoms with Crippen molar-refractivity contribution in [2.75, 3.05) is 26.2 Å². The highest BCUT2D eigenvalue weighted by molar-refractivity contribution is 5.89. The number of carbonyl (C=O) groups excluding carboxylic acids is 1. The first-order valence-electron chi connectivity index (χ1n) is 9.47. The SMILES string of the molecule is O=C(NCCCN1CCCCCC1)C1(c2ccc(F)cc2)CCC1. The van der Waals surface area contributed by atoms with Gasteiger partial charge in [-0.25, -0.2) is 4.39 Å². The minimum absolute atomic E-state index is 0.122. The van der Waals surface area contributed by atoms with Gasteiger partial charge in [0.25, 0.3) is 0 Å². The highest BCUT2D eigenvalue weighted by Crippen LogP contribution is 2.43. The molecule has 4 heteroatoms. The minimum atomic E-state index is -0.420. The summed E-state index contributed by atoms with van der Waals surface area (Å²) in [7, 11) is 0. The van der Waals surface area contributed by atoms with E-state index in [1.165, 1.54) is 50.9 Å². The molecule has 1 aliphatic carbocycles. The van der Waals surface area contributed by atoms with Crippen molar-refractivity contribution in [2.45, 2.75) is 56.8 Å². The molecule has 1 amide bonds. The predicted octanol–water partition coefficient (Wildman–Crippen LogP) is 3.63. The van der Waals surface area contributed by atoms with Gasteiger partial charge < -0.3 is 10.2 Å². The van der Waals surface area contributed by atoms with Gasteiger partial charge in [-0.2, -0.15) is 0 Å². The fourth-order valence-corrected chi connectivity index (χ4v) is 3.98. The molecule has 0 unspecified atom stereocenters. The molecule has 1 aromatic carbocycles. The van der Waals surface area contributed by atoms with E-state index in [9.17, 15) is 9.18 Å². The molecular formula is C20H29FN2O. The summed E-state index contributed by atoms with van der Waals surface area (Å²) in [6.07, 6.45) is 9.14. The summed E-state index contributed by atoms with van der Waals surface area (Å²) < 4.78 is 13.1. The number of halogens is 1. The Bertz CT molecular complexity index is 531. The number of carbonyl (C=O) groups is 1. The third-order valence-electron chi connectivity index (χ3n) is 5.67. The van der Waals surface area contributed by atoms with Crippen LogP contribution in [0.4, 0.5) is 4.39 Å². The molecule has 132 valence electrons. The molecule has 2 aliphatic rings. The molecule has 3 nitrogen and oxygen atoms in total. The van der Waals surface area contributed by atoms with E-state index < -0.39 is 5.41 Å². The van der Waals surface area contributed by atoms with E-state index in [1.807, 2.05) is 0 Å². The number of hydrogen-bond acceptors (Lipinski definition) is 2. The first-order chi connectivity index (χ1) is 11.7. The maximum atomic E-state index is 13.1. The molecule has 3 rings (SSSR count). The summed E-state index contributed by atoms with van der Waals surface area (Å²) in [5.41, 5.74) is 0.538. The standard InChI is InChI=1S/C20H29FN2O/c21-18-9-7-17(8-10-18)20(11-5-12-20)19(24)22-13-6-16-23-14-3-1-2-4-15-23/h7-10H,1-6,11-16H2,(H,22,24). The highest BCUT2D eigenvalue weighted by Gasteiger charge is 2.45. The molecule has 1 heterocycles. The molecule has 1 aromatic rings. The lowest BCUT2D eigenvalue weighted by molar-refractivity contribution is -0.129. The van der Waals surface area contributed by atoms with Crippen LogP contribution in [-0.4, -0.2) is 37.0 Å². The Labute approximate surface area is 144 Å². The number of nitrogens with zero attached hydrogens (tertiary/aromatic N) is 1. The minimum Gasteiger partial charge on any atom is -0.355 e. The average Bonchev–Trinajstić information content (AvgIpc) is 2.81. The monoisotopic (exact) mass is 332 g/mol. The Hall–Kier alpha value is -1.42. The van der Waals surface area contributed by atoms with E-state index in [-0.39, 0.29) is 11.7 Å². The number of amides is 1. The largest absolute Gasteiger partial charge is 0.355 e. The highest BCUT2D eigenvalue weighted by atomic mass is 19.1. The molecule has 0 spiro atoms. The van der Waals surface area contributed by atoms with Crippen molar-refractivity contribution < 1.29 is 9.18 Å². The second-order valence-corrected chi connectivity index (χ2v) is 7.31. The van der Waals surface area contributed by atoms with E-state index in [1.54, 1.807) is 12.1 Å². The van der Waals surface area contributed by atoms with Gasteiger partial charge in [-0.05, 0) is 69.4 Å². The van der Waals surface area contributed by atoms with E-state index in [4.69, 9.17) is 0 Å². The number of rotatable bonds is 6. The molecule has 0 atom stereocenters. The Morgan fingerprint density at radius 3 is 2.29 bits per heavy atom. The third-order valence-corrected chi connectivity index (χ3v) is 5.67. The van der Waals surface area contributed by atoms with Crippen LogP contribution < -0.4 is 5.32 Å². The second kappa shape index (κ2) is 8.11. The Kier molecular flexibility index (Phi) is 5.88. The summed E-state index contributed by atoms with van der Waals surface area (Å²) in [4.78, 5) is 15.2. The van der Waals surface area contributed by atoms with Crippen molar-refractivity contribution in [1.82, 2.24) is 10.2 Å². The molecule has 1 saturated heterocycles. The van der Waals surface area contributed by atoms with E-state index in [2.05, 4.69) is 10.2 Å². The van der Waals surface area contributed by atoms with Gasteiger partial charge in [0.2, 0.25) is 5.91 Å². The number of nitrogens with one attached hydrogen (secondary N) is 1. The average molecular weight is 332 g/mol. The fourth-order valence-electron chi connectivity index (χ4n) is 3.98. The number of likely N-dealkylation sites (tertiary alicyclic amines) is 1. The normalized spacial score (nSPS) is 20.9. The van der Waals surface area contributed by atoms with Crippen LogP contribution in [-0.2, 0) is 10.2 Å². The smallest absolute Gasteiger partial charge is 0.230 e. The summed E-state index contributed by atoms with van der Waals surface area (Å²) in [5.74, 6) is -0.123. The number of hydrogen-bond donors (Lipinski definition) is 1. The molecule has 0 radical (unpaired) electrons. The predicted molar refractivity (Wildman–Crippen MR) is 94.5 cm³/mol. The summed E-state index contributed by atoms with van der Waals surface area (Å²) in [6.45, 7) is 4.21. The van der Waals surface area contributed by atoms with Crippen LogP contribution in [0.1, 0.15) is 56.9 Å². The van der Waals surface area contributed by atoms with Crippen molar-refractivity contribution in [1.29, 1.82) is 0 Å². The molecular weight excluding hydrogens is 303 g/mol. The topological polar surface area (TPSA) is 32.3 Å². The van der Waals surface area contributed by atoms with Crippen molar-refractivity contribution in [3.63, 3.8) is 0 Å². The lowest BCUT2D eigenvalue weighted by atomic mass is 9.64. The maximum Gasteiger partial charge on any atom is 0.230 e. The Morgan fingerprint density at radius 1 is 1.04 bits per heavy atom. The Balaban J connectivity index is 1.47. The van der Waals surface area contributed by atoms with Crippen LogP contribution in [0.25, 0.3) is 0 Å². The maximum absolute atomic E-state index is 13.1. The first kappa shape index (κ1) is 17.4. The van der Waals surface area contributed by atoms with Crippen LogP contribution in [0.3, 0.4) is 0 Å². The fraction of sp³-hybridized carbons (Fsp3) is 0.650. The quantitative estimate of drug-likeness (QED) is 0.807. The lowest BCUT2D eigenvalue weighted by Gasteiger charge is -2.40. The van der Waals surface area contributed by atoms with Gasteiger partial charge in [-0.1, -0.05) is 31.4 Å². The summed E-state index contributed by atoms with van der Waals surface area (Å²) in [5, 5.41) is 3.13. The van der Waals surface area contributed by atoms with E-state index in [0.717, 1.165) is 44.3 Å². The van der Waals surface area contributed by atoms with Gasteiger partial charge in [0, 0.05) is 6.54 Å². The molecule has 1 saturated carbocycles. The molecule has 0 bridgehead atoms. The Morgan fingerprint density at radius 2 is 1.71 bits per heavy atom. The summed E-state index contributed by atoms with van der Waals surface area (Å²) >= 11 is 0. The van der Waals surface area contributed by atoms with E-state index in [0.29, 0.717) is 0 Å². The van der Waals surface area contributed by atoms with Crippen molar-refractivity contribution in [2.24, 2.45) is 0 Å². The second-order valence-electron chi connectivity index (χ2n) is 7.31. The van der Waals surface area contributed by atoms with Crippen LogP contribution in [0.2, 0.25) is 0 Å². The third kappa shape index (κ3) is 3.97. The van der Waals surface area contributed by atoms with Gasteiger partial charge in [-0.3, -0.25) is 4.79 Å². The van der Waals surface area contributed by atoms with Crippen LogP contribution in [0.5, 0.6) is 0 Å². The molecule has 1 N–H and O–H groups in total. The number of benzene rings is 1. The zero-order valence-corrected chi connectivity index (χ0v) is 14.5. The van der Waals surface area contributed by atoms with Crippen molar-refractivity contribution >= 4 is 5.91 Å². The molecule has 1 aliphatic heterocycles. The van der Waals surface area contributed by atoms with Gasteiger partial charge >= 0.3 is 0 Å². The summed E-state index contributed by atoms with van der Waals surface area (Å²) in [6, 6.07) is 6.46. The van der Waals surface area contributed by atoms with Gasteiger partial charge in [0.1, 0.15) is 5.82 Å². The zero-order chi connectivity index (χ0) is 16.8. The molecule has 2 fully saturated rings. The molecule has 24 heavy (non-hydrogen) atoms. The van der Waals surface area contributed by atoms with Crippen LogP contribution in [0, 0.1) is 5.82 Å². The van der Waals surface area contributed by atoms with Crippen LogP contribution >= 0.6 is 0 Å². The lowest BCUT2D eigenvalue weighted by Crippen LogP contribution is -2.49. The van der Waals surface area contributed by atoms with Gasteiger partial charge in [0.05, 0.1) is 5.41 Å². The van der Waals surface area contributed by atoms with Gasteiger partial charge in [0.15, 0.2) is 0 Å². The van der Waals surface area contributed by atoms with Gasteiger partial charge in [-0.15, -0.1) is 0 Å².